The summed E-state index contributed by atoms with van der Waals surface area (Å²) in [6.45, 7) is 1.41. The van der Waals surface area contributed by atoms with Gasteiger partial charge in [0, 0.05) is 15.5 Å². The summed E-state index contributed by atoms with van der Waals surface area (Å²) < 4.78 is 0.404. The van der Waals surface area contributed by atoms with Crippen molar-refractivity contribution in [2.75, 3.05) is 0 Å². The first-order valence-electron chi connectivity index (χ1n) is 4.50. The van der Waals surface area contributed by atoms with E-state index in [9.17, 15) is 24.8 Å². The van der Waals surface area contributed by atoms with Crippen LogP contribution in [0.25, 0.3) is 0 Å². The number of amides is 1. The lowest BCUT2D eigenvalue weighted by Gasteiger charge is -2.32. The molecule has 1 amide bonds. The first-order chi connectivity index (χ1) is 7.86. The normalized spacial score (nSPS) is 27.8. The van der Waals surface area contributed by atoms with Crippen LogP contribution in [0.2, 0.25) is 0 Å². The summed E-state index contributed by atoms with van der Waals surface area (Å²) in [7, 11) is 0. The van der Waals surface area contributed by atoms with Crippen LogP contribution >= 0.6 is 15.9 Å². The monoisotopic (exact) mass is 304 g/mol. The first kappa shape index (κ1) is 13.4. The van der Waals surface area contributed by atoms with Gasteiger partial charge in [0.1, 0.15) is 0 Å². The third-order valence-electron chi connectivity index (χ3n) is 2.59. The van der Waals surface area contributed by atoms with Crippen molar-refractivity contribution in [2.24, 2.45) is 0 Å². The lowest BCUT2D eigenvalue weighted by molar-refractivity contribution is -0.517. The minimum absolute atomic E-state index is 0.148. The third-order valence-corrected chi connectivity index (χ3v) is 3.08. The Bertz CT molecular complexity index is 445. The highest BCUT2D eigenvalue weighted by atomic mass is 79.9. The number of allylic oxidation sites excluding steroid dienone is 2. The van der Waals surface area contributed by atoms with Crippen LogP contribution in [0.1, 0.15) is 6.92 Å². The molecule has 2 atom stereocenters. The van der Waals surface area contributed by atoms with Crippen molar-refractivity contribution in [3.8, 4) is 0 Å². The molecule has 0 aromatic rings. The molecule has 1 rings (SSSR count). The second-order valence-electron chi connectivity index (χ2n) is 3.48. The Morgan fingerprint density at radius 2 is 2.35 bits per heavy atom. The molecular weight excluding hydrogens is 296 g/mol. The number of aliphatic carboxylic acids is 1. The van der Waals surface area contributed by atoms with E-state index in [1.807, 2.05) is 5.32 Å². The number of carboxylic acid groups (broad SMARTS) is 1. The van der Waals surface area contributed by atoms with Crippen molar-refractivity contribution in [3.05, 3.63) is 32.3 Å². The van der Waals surface area contributed by atoms with Gasteiger partial charge < -0.3 is 10.4 Å². The van der Waals surface area contributed by atoms with Crippen molar-refractivity contribution in [2.45, 2.75) is 18.5 Å². The maximum absolute atomic E-state index is 11.3. The maximum Gasteiger partial charge on any atom is 0.341 e. The first-order valence-corrected chi connectivity index (χ1v) is 5.30. The van der Waals surface area contributed by atoms with Crippen LogP contribution < -0.4 is 5.32 Å². The van der Waals surface area contributed by atoms with Gasteiger partial charge in [-0.15, -0.1) is 0 Å². The van der Waals surface area contributed by atoms with Crippen molar-refractivity contribution in [3.63, 3.8) is 0 Å². The number of hydrogen-bond donors (Lipinski definition) is 2. The Morgan fingerprint density at radius 1 is 1.76 bits per heavy atom. The molecule has 0 saturated heterocycles. The van der Waals surface area contributed by atoms with Gasteiger partial charge in [0.05, 0.1) is 0 Å². The molecule has 1 aliphatic carbocycles. The van der Waals surface area contributed by atoms with Gasteiger partial charge in [0.25, 0.3) is 6.04 Å². The van der Waals surface area contributed by atoms with Crippen molar-refractivity contribution < 1.29 is 19.6 Å². The smallest absolute Gasteiger partial charge is 0.341 e. The van der Waals surface area contributed by atoms with Crippen LogP contribution in [0.15, 0.2) is 22.2 Å². The molecule has 2 unspecified atom stereocenters. The number of nitro groups is 1. The van der Waals surface area contributed by atoms with Crippen molar-refractivity contribution >= 4 is 28.3 Å². The van der Waals surface area contributed by atoms with E-state index in [1.165, 1.54) is 13.0 Å². The third kappa shape index (κ3) is 2.07. The Morgan fingerprint density at radius 3 is 2.76 bits per heavy atom. The average molecular weight is 305 g/mol. The van der Waals surface area contributed by atoms with Crippen LogP contribution in [0.3, 0.4) is 0 Å². The van der Waals surface area contributed by atoms with Gasteiger partial charge in [-0.05, 0) is 18.6 Å². The number of carbonyl (C=O) groups excluding carboxylic acids is 1. The summed E-state index contributed by atoms with van der Waals surface area (Å²) in [5, 5.41) is 22.2. The van der Waals surface area contributed by atoms with Crippen LogP contribution in [-0.2, 0) is 9.59 Å². The second kappa shape index (κ2) is 4.66. The lowest BCUT2D eigenvalue weighted by atomic mass is 9.80. The molecule has 0 aromatic heterocycles. The van der Waals surface area contributed by atoms with Gasteiger partial charge >= 0.3 is 5.97 Å². The van der Waals surface area contributed by atoms with Gasteiger partial charge in [0.15, 0.2) is 0 Å². The zero-order valence-corrected chi connectivity index (χ0v) is 10.3. The van der Waals surface area contributed by atoms with E-state index in [-0.39, 0.29) is 12.0 Å². The topological polar surface area (TPSA) is 110 Å². The zero-order chi connectivity index (χ0) is 13.2. The van der Waals surface area contributed by atoms with Crippen molar-refractivity contribution in [1.29, 1.82) is 0 Å². The number of nitrogens with one attached hydrogen (secondary N) is 1. The minimum Gasteiger partial charge on any atom is -0.479 e. The number of nitrogens with zero attached hydrogens (tertiary/aromatic N) is 1. The number of hydrogen-bond acceptors (Lipinski definition) is 4. The summed E-state index contributed by atoms with van der Waals surface area (Å²) in [5.41, 5.74) is -1.86. The Balaban J connectivity index is 3.42. The van der Waals surface area contributed by atoms with Crippen molar-refractivity contribution in [1.82, 2.24) is 5.32 Å². The SMILES string of the molecule is CC1=CC(Br)=CC([N+](=O)[O-])C1(NC=O)C(=O)O. The quantitative estimate of drug-likeness (QED) is 0.445. The van der Waals surface area contributed by atoms with Crippen LogP contribution in [-0.4, -0.2) is 34.0 Å². The van der Waals surface area contributed by atoms with E-state index in [4.69, 9.17) is 0 Å². The van der Waals surface area contributed by atoms with E-state index >= 15 is 0 Å². The number of carboxylic acids is 1. The van der Waals surface area contributed by atoms with E-state index < -0.39 is 22.5 Å². The summed E-state index contributed by atoms with van der Waals surface area (Å²) in [5.74, 6) is -1.48. The molecule has 0 aromatic carbocycles. The predicted octanol–water partition coefficient (Wildman–Crippen LogP) is 0.440. The van der Waals surface area contributed by atoms with Gasteiger partial charge in [0.2, 0.25) is 11.9 Å². The molecule has 0 aliphatic heterocycles. The highest BCUT2D eigenvalue weighted by Gasteiger charge is 2.55. The standard InChI is InChI=1S/C9H9BrN2O5/c1-5-2-6(10)3-7(12(16)17)9(5,8(14)15)11-4-13/h2-4,7H,1H3,(H,11,13)(H,14,15). The molecule has 1 aliphatic rings. The van der Waals surface area contributed by atoms with E-state index in [0.717, 1.165) is 6.08 Å². The van der Waals surface area contributed by atoms with E-state index in [2.05, 4.69) is 15.9 Å². The van der Waals surface area contributed by atoms with Crippen LogP contribution in [0.5, 0.6) is 0 Å². The molecule has 92 valence electrons. The molecule has 0 fully saturated rings. The molecule has 0 heterocycles. The molecule has 0 saturated carbocycles. The van der Waals surface area contributed by atoms with Crippen LogP contribution in [0, 0.1) is 10.1 Å². The summed E-state index contributed by atoms with van der Waals surface area (Å²) in [4.78, 5) is 32.0. The number of halogens is 1. The molecule has 2 N–H and O–H groups in total. The second-order valence-corrected chi connectivity index (χ2v) is 4.40. The van der Waals surface area contributed by atoms with E-state index in [1.54, 1.807) is 0 Å². The van der Waals surface area contributed by atoms with Gasteiger partial charge in [-0.3, -0.25) is 14.9 Å². The fourth-order valence-electron chi connectivity index (χ4n) is 1.75. The Hall–Kier alpha value is -1.70. The molecular formula is C9H9BrN2O5. The largest absolute Gasteiger partial charge is 0.479 e. The predicted molar refractivity (Wildman–Crippen MR) is 61.1 cm³/mol. The molecule has 17 heavy (non-hydrogen) atoms. The summed E-state index contributed by atoms with van der Waals surface area (Å²) >= 11 is 3.06. The molecule has 7 nitrogen and oxygen atoms in total. The molecule has 0 spiro atoms. The molecule has 0 radical (unpaired) electrons. The van der Waals surface area contributed by atoms with Gasteiger partial charge in [-0.2, -0.15) is 0 Å². The molecule has 0 bridgehead atoms. The zero-order valence-electron chi connectivity index (χ0n) is 8.71. The lowest BCUT2D eigenvalue weighted by Crippen LogP contribution is -2.63. The maximum atomic E-state index is 11.3. The Kier molecular flexibility index (Phi) is 3.66. The fraction of sp³-hybridized carbons (Fsp3) is 0.333. The minimum atomic E-state index is -2.04. The number of rotatable bonds is 4. The highest BCUT2D eigenvalue weighted by molar-refractivity contribution is 9.11. The van der Waals surface area contributed by atoms with Crippen LogP contribution in [0.4, 0.5) is 0 Å². The van der Waals surface area contributed by atoms with Gasteiger partial charge in [-0.1, -0.05) is 15.9 Å². The van der Waals surface area contributed by atoms with E-state index in [0.29, 0.717) is 4.48 Å². The molecule has 8 heteroatoms. The average Bonchev–Trinajstić information content (AvgIpc) is 2.20. The number of carbonyl (C=O) groups is 2. The van der Waals surface area contributed by atoms with Gasteiger partial charge in [-0.25, -0.2) is 4.79 Å². The Labute approximate surface area is 104 Å². The summed E-state index contributed by atoms with van der Waals surface area (Å²) in [6, 6.07) is -1.57. The summed E-state index contributed by atoms with van der Waals surface area (Å²) in [6.07, 6.45) is 2.71. The fourth-order valence-corrected chi connectivity index (χ4v) is 2.34. The highest BCUT2D eigenvalue weighted by Crippen LogP contribution is 2.32.